The summed E-state index contributed by atoms with van der Waals surface area (Å²) in [5, 5.41) is 2.52. The lowest BCUT2D eigenvalue weighted by atomic mass is 9.85. The number of aromatic nitrogens is 3. The van der Waals surface area contributed by atoms with Gasteiger partial charge < -0.3 is 0 Å². The molecular formula is C24H26BrN3. The predicted octanol–water partition coefficient (Wildman–Crippen LogP) is 6.93. The number of fused-ring (bicyclic) bond motifs is 3. The molecule has 2 aromatic carbocycles. The van der Waals surface area contributed by atoms with Crippen molar-refractivity contribution in [2.75, 3.05) is 0 Å². The van der Waals surface area contributed by atoms with Crippen LogP contribution in [0.1, 0.15) is 52.7 Å². The minimum atomic E-state index is 0.0989. The van der Waals surface area contributed by atoms with Crippen LogP contribution in [0.25, 0.3) is 27.6 Å². The van der Waals surface area contributed by atoms with Crippen molar-refractivity contribution in [1.29, 1.82) is 0 Å². The molecule has 3 nitrogen and oxygen atoms in total. The third-order valence-corrected chi connectivity index (χ3v) is 5.74. The van der Waals surface area contributed by atoms with Gasteiger partial charge in [-0.3, -0.25) is 4.57 Å². The van der Waals surface area contributed by atoms with Gasteiger partial charge in [0.05, 0.1) is 23.4 Å². The van der Waals surface area contributed by atoms with E-state index in [1.807, 2.05) is 6.20 Å². The van der Waals surface area contributed by atoms with Crippen molar-refractivity contribution >= 4 is 37.7 Å². The predicted molar refractivity (Wildman–Crippen MR) is 121 cm³/mol. The zero-order chi connectivity index (χ0) is 20.3. The normalized spacial score (nSPS) is 12.8. The van der Waals surface area contributed by atoms with Crippen LogP contribution in [0.2, 0.25) is 0 Å². The molecule has 0 aliphatic carbocycles. The Bertz CT molecular complexity index is 1100. The first-order valence-corrected chi connectivity index (χ1v) is 10.4. The summed E-state index contributed by atoms with van der Waals surface area (Å²) < 4.78 is 2.95. The minimum absolute atomic E-state index is 0.0989. The molecule has 28 heavy (non-hydrogen) atoms. The number of hydrogen-bond donors (Lipinski definition) is 0. The SMILES string of the molecule is CC(C)(C)c1ccc2c(c1)c1cc(C(C)(C)C)ccc1n2-c1cnc(Br)cn1. The highest BCUT2D eigenvalue weighted by atomic mass is 79.9. The fraction of sp³-hybridized carbons (Fsp3) is 0.333. The van der Waals surface area contributed by atoms with Gasteiger partial charge in [-0.2, -0.15) is 0 Å². The summed E-state index contributed by atoms with van der Waals surface area (Å²) in [6, 6.07) is 13.6. The Kier molecular flexibility index (Phi) is 4.38. The number of benzene rings is 2. The van der Waals surface area contributed by atoms with Crippen LogP contribution in [0, 0.1) is 0 Å². The molecule has 2 aromatic heterocycles. The van der Waals surface area contributed by atoms with Crippen molar-refractivity contribution < 1.29 is 0 Å². The molecule has 0 bridgehead atoms. The van der Waals surface area contributed by atoms with E-state index in [2.05, 4.69) is 108 Å². The Balaban J connectivity index is 2.11. The Hall–Kier alpha value is -2.20. The second-order valence-corrected chi connectivity index (χ2v) is 10.3. The first-order valence-electron chi connectivity index (χ1n) is 9.63. The topological polar surface area (TPSA) is 30.7 Å². The van der Waals surface area contributed by atoms with Gasteiger partial charge in [0.15, 0.2) is 5.82 Å². The first-order chi connectivity index (χ1) is 13.1. The van der Waals surface area contributed by atoms with Gasteiger partial charge >= 0.3 is 0 Å². The molecule has 0 radical (unpaired) electrons. The molecule has 0 atom stereocenters. The molecule has 4 aromatic rings. The van der Waals surface area contributed by atoms with Gasteiger partial charge in [0, 0.05) is 10.8 Å². The van der Waals surface area contributed by atoms with Crippen LogP contribution in [0.5, 0.6) is 0 Å². The van der Waals surface area contributed by atoms with Crippen LogP contribution >= 0.6 is 15.9 Å². The maximum absolute atomic E-state index is 4.62. The average molecular weight is 436 g/mol. The summed E-state index contributed by atoms with van der Waals surface area (Å²) in [5.41, 5.74) is 5.18. The largest absolute Gasteiger partial charge is 0.293 e. The van der Waals surface area contributed by atoms with Gasteiger partial charge in [-0.05, 0) is 62.2 Å². The second kappa shape index (κ2) is 6.41. The van der Waals surface area contributed by atoms with Gasteiger partial charge in [0.25, 0.3) is 0 Å². The highest BCUT2D eigenvalue weighted by molar-refractivity contribution is 9.10. The van der Waals surface area contributed by atoms with Crippen molar-refractivity contribution in [3.05, 3.63) is 64.5 Å². The van der Waals surface area contributed by atoms with Crippen molar-refractivity contribution in [2.24, 2.45) is 0 Å². The molecule has 0 N–H and O–H groups in total. The van der Waals surface area contributed by atoms with E-state index >= 15 is 0 Å². The van der Waals surface area contributed by atoms with Gasteiger partial charge in [0.1, 0.15) is 4.60 Å². The third-order valence-electron chi connectivity index (χ3n) is 5.33. The van der Waals surface area contributed by atoms with Crippen LogP contribution in [0.15, 0.2) is 53.4 Å². The molecule has 0 aliphatic rings. The van der Waals surface area contributed by atoms with Crippen LogP contribution in [-0.2, 0) is 10.8 Å². The van der Waals surface area contributed by atoms with E-state index in [-0.39, 0.29) is 10.8 Å². The summed E-state index contributed by atoms with van der Waals surface area (Å²) in [5.74, 6) is 0.829. The molecule has 0 spiro atoms. The molecule has 4 heteroatoms. The quantitative estimate of drug-likeness (QED) is 0.324. The average Bonchev–Trinajstić information content (AvgIpc) is 2.94. The Morgan fingerprint density at radius 3 is 1.61 bits per heavy atom. The summed E-state index contributed by atoms with van der Waals surface area (Å²) in [6.45, 7) is 13.5. The summed E-state index contributed by atoms with van der Waals surface area (Å²) in [7, 11) is 0. The maximum Gasteiger partial charge on any atom is 0.156 e. The van der Waals surface area contributed by atoms with E-state index in [0.717, 1.165) is 21.5 Å². The second-order valence-electron chi connectivity index (χ2n) is 9.50. The van der Waals surface area contributed by atoms with E-state index in [9.17, 15) is 0 Å². The lowest BCUT2D eigenvalue weighted by Gasteiger charge is -2.19. The van der Waals surface area contributed by atoms with E-state index in [1.165, 1.54) is 21.9 Å². The third kappa shape index (κ3) is 3.24. The van der Waals surface area contributed by atoms with Crippen molar-refractivity contribution in [1.82, 2.24) is 14.5 Å². The Morgan fingerprint density at radius 1 is 0.714 bits per heavy atom. The zero-order valence-corrected chi connectivity index (χ0v) is 18.9. The highest BCUT2D eigenvalue weighted by Gasteiger charge is 2.21. The zero-order valence-electron chi connectivity index (χ0n) is 17.3. The number of hydrogen-bond acceptors (Lipinski definition) is 2. The first kappa shape index (κ1) is 19.1. The molecular weight excluding hydrogens is 410 g/mol. The van der Waals surface area contributed by atoms with Crippen LogP contribution in [0.3, 0.4) is 0 Å². The van der Waals surface area contributed by atoms with Gasteiger partial charge in [-0.15, -0.1) is 0 Å². The van der Waals surface area contributed by atoms with E-state index in [1.54, 1.807) is 6.20 Å². The Labute approximate surface area is 174 Å². The van der Waals surface area contributed by atoms with E-state index < -0.39 is 0 Å². The van der Waals surface area contributed by atoms with Crippen LogP contribution < -0.4 is 0 Å². The highest BCUT2D eigenvalue weighted by Crippen LogP contribution is 2.37. The smallest absolute Gasteiger partial charge is 0.156 e. The lowest BCUT2D eigenvalue weighted by molar-refractivity contribution is 0.590. The van der Waals surface area contributed by atoms with Gasteiger partial charge in [0.2, 0.25) is 0 Å². The molecule has 144 valence electrons. The summed E-state index contributed by atoms with van der Waals surface area (Å²) in [6.07, 6.45) is 3.57. The van der Waals surface area contributed by atoms with Crippen molar-refractivity contribution in [3.63, 3.8) is 0 Å². The molecule has 0 fully saturated rings. The standard InChI is InChI=1S/C24H26BrN3/c1-23(2,3)15-7-9-19-17(11-15)18-12-16(24(4,5)6)8-10-20(18)28(19)22-14-26-21(25)13-27-22/h7-14H,1-6H3. The number of rotatable bonds is 1. The fourth-order valence-corrected chi connectivity index (χ4v) is 3.83. The molecule has 0 saturated heterocycles. The molecule has 0 aliphatic heterocycles. The molecule has 0 saturated carbocycles. The molecule has 0 unspecified atom stereocenters. The van der Waals surface area contributed by atoms with Gasteiger partial charge in [-0.25, -0.2) is 9.97 Å². The number of nitrogens with zero attached hydrogens (tertiary/aromatic N) is 3. The maximum atomic E-state index is 4.62. The van der Waals surface area contributed by atoms with Crippen LogP contribution in [0.4, 0.5) is 0 Å². The lowest BCUT2D eigenvalue weighted by Crippen LogP contribution is -2.10. The van der Waals surface area contributed by atoms with Crippen molar-refractivity contribution in [3.8, 4) is 5.82 Å². The minimum Gasteiger partial charge on any atom is -0.293 e. The summed E-state index contributed by atoms with van der Waals surface area (Å²) >= 11 is 3.39. The van der Waals surface area contributed by atoms with Crippen molar-refractivity contribution in [2.45, 2.75) is 52.4 Å². The molecule has 4 rings (SSSR count). The number of halogens is 1. The Morgan fingerprint density at radius 2 is 1.21 bits per heavy atom. The summed E-state index contributed by atoms with van der Waals surface area (Å²) in [4.78, 5) is 9.01. The van der Waals surface area contributed by atoms with Gasteiger partial charge in [-0.1, -0.05) is 53.7 Å². The monoisotopic (exact) mass is 435 g/mol. The fourth-order valence-electron chi connectivity index (χ4n) is 3.62. The van der Waals surface area contributed by atoms with Crippen LogP contribution in [-0.4, -0.2) is 14.5 Å². The van der Waals surface area contributed by atoms with E-state index in [4.69, 9.17) is 0 Å². The van der Waals surface area contributed by atoms with E-state index in [0.29, 0.717) is 0 Å². The molecule has 2 heterocycles. The molecule has 0 amide bonds.